The Morgan fingerprint density at radius 3 is 2.52 bits per heavy atom. The van der Waals surface area contributed by atoms with Crippen LogP contribution in [-0.2, 0) is 10.1 Å². The van der Waals surface area contributed by atoms with Gasteiger partial charge in [-0.2, -0.15) is 8.42 Å². The largest absolute Gasteiger partial charge is 0.379 e. The maximum absolute atomic E-state index is 12.4. The number of rotatable bonds is 5. The molecule has 1 heterocycles. The minimum atomic E-state index is -3.95. The fourth-order valence-electron chi connectivity index (χ4n) is 2.17. The third-order valence-corrected chi connectivity index (χ3v) is 4.96. The van der Waals surface area contributed by atoms with E-state index in [1.807, 2.05) is 26.0 Å². The van der Waals surface area contributed by atoms with Crippen LogP contribution in [0.5, 0.6) is 5.75 Å². The molecule has 0 aliphatic rings. The molecule has 0 fully saturated rings. The highest BCUT2D eigenvalue weighted by molar-refractivity contribution is 7.87. The van der Waals surface area contributed by atoms with E-state index >= 15 is 0 Å². The summed E-state index contributed by atoms with van der Waals surface area (Å²) in [6, 6.07) is 7.17. The Kier molecular flexibility index (Phi) is 4.37. The topological polar surface area (TPSA) is 69.4 Å². The molecule has 1 aromatic carbocycles. The molecule has 0 saturated carbocycles. The number of aryl methyl sites for hydroxylation is 2. The summed E-state index contributed by atoms with van der Waals surface area (Å²) < 4.78 is 35.1. The third kappa shape index (κ3) is 3.10. The van der Waals surface area contributed by atoms with Crippen LogP contribution in [0.25, 0.3) is 0 Å². The van der Waals surface area contributed by atoms with Gasteiger partial charge in [-0.05, 0) is 37.8 Å². The van der Waals surface area contributed by atoms with Gasteiger partial charge in [-0.1, -0.05) is 37.2 Å². The zero-order valence-electron chi connectivity index (χ0n) is 12.6. The van der Waals surface area contributed by atoms with Gasteiger partial charge in [0.15, 0.2) is 10.7 Å². The van der Waals surface area contributed by atoms with Crippen LogP contribution in [0.4, 0.5) is 0 Å². The monoisotopic (exact) mass is 309 g/mol. The summed E-state index contributed by atoms with van der Waals surface area (Å²) in [4.78, 5) is 0.00135. The van der Waals surface area contributed by atoms with Crippen molar-refractivity contribution in [3.8, 4) is 5.75 Å². The Labute approximate surface area is 125 Å². The van der Waals surface area contributed by atoms with Crippen molar-refractivity contribution in [2.75, 3.05) is 0 Å². The molecule has 0 radical (unpaired) electrons. The van der Waals surface area contributed by atoms with Gasteiger partial charge in [-0.3, -0.25) is 0 Å². The summed E-state index contributed by atoms with van der Waals surface area (Å²) in [6.45, 7) is 7.21. The van der Waals surface area contributed by atoms with Crippen LogP contribution in [-0.4, -0.2) is 13.6 Å². The zero-order chi connectivity index (χ0) is 15.6. The van der Waals surface area contributed by atoms with E-state index in [2.05, 4.69) is 5.16 Å². The highest BCUT2D eigenvalue weighted by atomic mass is 32.2. The second-order valence-electron chi connectivity index (χ2n) is 5.04. The van der Waals surface area contributed by atoms with E-state index < -0.39 is 10.1 Å². The number of aromatic nitrogens is 1. The molecule has 0 amide bonds. The predicted octanol–water partition coefficient (Wildman–Crippen LogP) is 3.57. The number of hydrogen-bond donors (Lipinski definition) is 0. The first-order chi connectivity index (χ1) is 9.86. The van der Waals surface area contributed by atoms with Crippen LogP contribution in [0.15, 0.2) is 33.7 Å². The van der Waals surface area contributed by atoms with E-state index in [1.165, 1.54) is 0 Å². The summed E-state index contributed by atoms with van der Waals surface area (Å²) in [5.41, 5.74) is 1.17. The molecule has 114 valence electrons. The van der Waals surface area contributed by atoms with Crippen LogP contribution in [0, 0.1) is 13.8 Å². The molecule has 2 aromatic rings. The van der Waals surface area contributed by atoms with Crippen LogP contribution in [0.2, 0.25) is 0 Å². The first kappa shape index (κ1) is 15.6. The lowest BCUT2D eigenvalue weighted by Crippen LogP contribution is -2.13. The van der Waals surface area contributed by atoms with Gasteiger partial charge in [0.2, 0.25) is 0 Å². The second-order valence-corrected chi connectivity index (χ2v) is 6.52. The van der Waals surface area contributed by atoms with Gasteiger partial charge in [0.25, 0.3) is 0 Å². The lowest BCUT2D eigenvalue weighted by Gasteiger charge is -2.15. The molecule has 1 aromatic heterocycles. The van der Waals surface area contributed by atoms with Crippen molar-refractivity contribution < 1.29 is 17.1 Å². The zero-order valence-corrected chi connectivity index (χ0v) is 13.4. The summed E-state index contributed by atoms with van der Waals surface area (Å²) >= 11 is 0. The van der Waals surface area contributed by atoms with Crippen molar-refractivity contribution in [2.24, 2.45) is 0 Å². The first-order valence-electron chi connectivity index (χ1n) is 6.83. The molecule has 0 aliphatic carbocycles. The van der Waals surface area contributed by atoms with Crippen molar-refractivity contribution >= 4 is 10.1 Å². The molecule has 0 aliphatic heterocycles. The summed E-state index contributed by atoms with van der Waals surface area (Å²) in [5.74, 6) is 0.793. The Morgan fingerprint density at radius 1 is 1.29 bits per heavy atom. The van der Waals surface area contributed by atoms with Crippen LogP contribution in [0.3, 0.4) is 0 Å². The standard InChI is InChI=1S/C15H19NO4S/c1-5-10(2)13-8-6-7-9-14(13)20-21(17,18)15-11(3)16-19-12(15)4/h6-10H,5H2,1-4H3. The summed E-state index contributed by atoms with van der Waals surface area (Å²) in [7, 11) is -3.95. The van der Waals surface area contributed by atoms with Crippen LogP contribution >= 0.6 is 0 Å². The van der Waals surface area contributed by atoms with Crippen molar-refractivity contribution in [2.45, 2.75) is 44.9 Å². The maximum atomic E-state index is 12.4. The molecule has 0 N–H and O–H groups in total. The smallest absolute Gasteiger partial charge is 0.344 e. The van der Waals surface area contributed by atoms with E-state index in [9.17, 15) is 8.42 Å². The van der Waals surface area contributed by atoms with Gasteiger partial charge in [0.1, 0.15) is 11.4 Å². The quantitative estimate of drug-likeness (QED) is 0.790. The highest BCUT2D eigenvalue weighted by Gasteiger charge is 2.27. The number of hydrogen-bond acceptors (Lipinski definition) is 5. The maximum Gasteiger partial charge on any atom is 0.344 e. The normalized spacial score (nSPS) is 13.1. The Morgan fingerprint density at radius 2 is 1.95 bits per heavy atom. The Hall–Kier alpha value is -1.82. The van der Waals surface area contributed by atoms with Crippen LogP contribution in [0.1, 0.15) is 43.2 Å². The van der Waals surface area contributed by atoms with Gasteiger partial charge in [-0.25, -0.2) is 0 Å². The Balaban J connectivity index is 2.43. The van der Waals surface area contributed by atoms with E-state index in [1.54, 1.807) is 26.0 Å². The van der Waals surface area contributed by atoms with Gasteiger partial charge in [-0.15, -0.1) is 0 Å². The molecular formula is C15H19NO4S. The number of para-hydroxylation sites is 1. The molecule has 1 atom stereocenters. The van der Waals surface area contributed by atoms with E-state index in [0.717, 1.165) is 12.0 Å². The molecule has 1 unspecified atom stereocenters. The fourth-order valence-corrected chi connectivity index (χ4v) is 3.43. The average Bonchev–Trinajstić information content (AvgIpc) is 2.78. The lowest BCUT2D eigenvalue weighted by atomic mass is 9.98. The van der Waals surface area contributed by atoms with Crippen molar-refractivity contribution in [3.63, 3.8) is 0 Å². The molecule has 0 spiro atoms. The van der Waals surface area contributed by atoms with Crippen molar-refractivity contribution in [1.82, 2.24) is 5.16 Å². The molecule has 21 heavy (non-hydrogen) atoms. The first-order valence-corrected chi connectivity index (χ1v) is 8.24. The molecule has 0 bridgehead atoms. The van der Waals surface area contributed by atoms with E-state index in [0.29, 0.717) is 11.4 Å². The van der Waals surface area contributed by atoms with Crippen molar-refractivity contribution in [3.05, 3.63) is 41.3 Å². The second kappa shape index (κ2) is 5.89. The minimum Gasteiger partial charge on any atom is -0.379 e. The highest BCUT2D eigenvalue weighted by Crippen LogP contribution is 2.31. The number of nitrogens with zero attached hydrogens (tertiary/aromatic N) is 1. The molecule has 5 nitrogen and oxygen atoms in total. The summed E-state index contributed by atoms with van der Waals surface area (Å²) in [5, 5.41) is 3.66. The molecular weight excluding hydrogens is 290 g/mol. The predicted molar refractivity (Wildman–Crippen MR) is 78.9 cm³/mol. The molecule has 6 heteroatoms. The van der Waals surface area contributed by atoms with Gasteiger partial charge >= 0.3 is 10.1 Å². The lowest BCUT2D eigenvalue weighted by molar-refractivity contribution is 0.389. The van der Waals surface area contributed by atoms with Gasteiger partial charge in [0, 0.05) is 0 Å². The van der Waals surface area contributed by atoms with Gasteiger partial charge in [0.05, 0.1) is 0 Å². The summed E-state index contributed by atoms with van der Waals surface area (Å²) in [6.07, 6.45) is 0.895. The van der Waals surface area contributed by atoms with Gasteiger partial charge < -0.3 is 8.71 Å². The van der Waals surface area contributed by atoms with Crippen LogP contribution < -0.4 is 4.18 Å². The minimum absolute atomic E-state index is 0.00135. The fraction of sp³-hybridized carbons (Fsp3) is 0.400. The molecule has 2 rings (SSSR count). The van der Waals surface area contributed by atoms with E-state index in [4.69, 9.17) is 8.71 Å². The van der Waals surface area contributed by atoms with E-state index in [-0.39, 0.29) is 16.6 Å². The molecule has 0 saturated heterocycles. The number of benzene rings is 1. The SMILES string of the molecule is CCC(C)c1ccccc1OS(=O)(=O)c1c(C)noc1C. The third-order valence-electron chi connectivity index (χ3n) is 3.48. The van der Waals surface area contributed by atoms with Crippen molar-refractivity contribution in [1.29, 1.82) is 0 Å². The average molecular weight is 309 g/mol. The Bertz CT molecular complexity index is 714.